The van der Waals surface area contributed by atoms with Gasteiger partial charge in [0.2, 0.25) is 0 Å². The van der Waals surface area contributed by atoms with Crippen molar-refractivity contribution >= 4 is 39.7 Å². The zero-order chi connectivity index (χ0) is 24.3. The largest absolute Gasteiger partial charge is 0.454 e. The van der Waals surface area contributed by atoms with E-state index in [0.29, 0.717) is 28.6 Å². The summed E-state index contributed by atoms with van der Waals surface area (Å²) < 4.78 is 6.40. The van der Waals surface area contributed by atoms with Crippen LogP contribution >= 0.6 is 11.6 Å². The summed E-state index contributed by atoms with van der Waals surface area (Å²) in [5.41, 5.74) is 4.88. The summed E-state index contributed by atoms with van der Waals surface area (Å²) in [5.74, 6) is 0.808. The van der Waals surface area contributed by atoms with Gasteiger partial charge in [-0.2, -0.15) is 5.11 Å². The third-order valence-electron chi connectivity index (χ3n) is 6.52. The lowest BCUT2D eigenvalue weighted by molar-refractivity contribution is -0.114. The van der Waals surface area contributed by atoms with Crippen LogP contribution in [0.1, 0.15) is 45.9 Å². The average molecular weight is 471 g/mol. The molecule has 2 aliphatic rings. The number of hydrogen-bond donors (Lipinski definition) is 0. The smallest absolute Gasteiger partial charge is 0.186 e. The fourth-order valence-electron chi connectivity index (χ4n) is 4.68. The summed E-state index contributed by atoms with van der Waals surface area (Å²) in [4.78, 5) is 13.6. The molecule has 34 heavy (non-hydrogen) atoms. The molecule has 0 unspecified atom stereocenters. The molecular formula is C29H27ClN2O2. The van der Waals surface area contributed by atoms with Crippen molar-refractivity contribution < 1.29 is 9.21 Å². The van der Waals surface area contributed by atoms with Gasteiger partial charge in [0.25, 0.3) is 0 Å². The Bertz CT molecular complexity index is 1440. The third-order valence-corrected chi connectivity index (χ3v) is 6.78. The van der Waals surface area contributed by atoms with Crippen LogP contribution in [0.3, 0.4) is 0 Å². The second kappa shape index (κ2) is 7.92. The fraction of sp³-hybridized carbons (Fsp3) is 0.276. The van der Waals surface area contributed by atoms with Crippen molar-refractivity contribution in [3.05, 3.63) is 93.7 Å². The molecule has 0 spiro atoms. The van der Waals surface area contributed by atoms with E-state index in [4.69, 9.17) is 21.1 Å². The van der Waals surface area contributed by atoms with Crippen molar-refractivity contribution in [3.63, 3.8) is 0 Å². The van der Waals surface area contributed by atoms with Crippen LogP contribution in [0.25, 0.3) is 16.7 Å². The quantitative estimate of drug-likeness (QED) is 0.352. The molecule has 172 valence electrons. The number of carbonyl (C=O) groups excluding carboxylic acids is 1. The average Bonchev–Trinajstić information content (AvgIpc) is 3.11. The van der Waals surface area contributed by atoms with Crippen LogP contribution < -0.4 is 0 Å². The van der Waals surface area contributed by atoms with Gasteiger partial charge < -0.3 is 4.42 Å². The zero-order valence-corrected chi connectivity index (χ0v) is 20.8. The van der Waals surface area contributed by atoms with Gasteiger partial charge in [-0.25, -0.2) is 0 Å². The minimum Gasteiger partial charge on any atom is -0.454 e. The maximum absolute atomic E-state index is 13.6. The van der Waals surface area contributed by atoms with E-state index in [0.717, 1.165) is 33.3 Å². The first kappa shape index (κ1) is 22.5. The molecule has 0 N–H and O–H groups in total. The number of Topliss-reactive ketones (excluding diaryl/α,β-unsaturated/α-hetero) is 1. The van der Waals surface area contributed by atoms with E-state index in [1.54, 1.807) is 12.1 Å². The third kappa shape index (κ3) is 3.86. The number of furan rings is 1. The van der Waals surface area contributed by atoms with Crippen LogP contribution in [-0.2, 0) is 11.2 Å². The lowest BCUT2D eigenvalue weighted by Gasteiger charge is -2.35. The summed E-state index contributed by atoms with van der Waals surface area (Å²) in [6.07, 6.45) is 4.59. The van der Waals surface area contributed by atoms with E-state index in [1.807, 2.05) is 42.5 Å². The van der Waals surface area contributed by atoms with Gasteiger partial charge in [-0.05, 0) is 59.7 Å². The SMILES string of the molecule is CC(C)(C)C1=C/C2=C(\N=Nc3ccc(Cl)cc3)c3oc4ccccc4c3CC(C)(C)C(=C2)C1=O. The molecule has 4 nitrogen and oxygen atoms in total. The first-order valence-electron chi connectivity index (χ1n) is 11.5. The number of allylic oxidation sites excluding steroid dienone is 5. The van der Waals surface area contributed by atoms with Gasteiger partial charge in [-0.15, -0.1) is 5.11 Å². The molecule has 3 aromatic rings. The van der Waals surface area contributed by atoms with E-state index in [-0.39, 0.29) is 16.6 Å². The molecule has 2 bridgehead atoms. The van der Waals surface area contributed by atoms with Gasteiger partial charge in [-0.3, -0.25) is 4.79 Å². The van der Waals surface area contributed by atoms with Crippen molar-refractivity contribution in [1.82, 2.24) is 0 Å². The Morgan fingerprint density at radius 2 is 1.68 bits per heavy atom. The minimum absolute atomic E-state index is 0.103. The number of hydrogen-bond acceptors (Lipinski definition) is 4. The Labute approximate surface area is 204 Å². The molecule has 0 aliphatic heterocycles. The summed E-state index contributed by atoms with van der Waals surface area (Å²) in [7, 11) is 0. The normalized spacial score (nSPS) is 20.1. The van der Waals surface area contributed by atoms with E-state index in [1.165, 1.54) is 0 Å². The van der Waals surface area contributed by atoms with Gasteiger partial charge in [0.05, 0.1) is 5.69 Å². The minimum atomic E-state index is -0.382. The Morgan fingerprint density at radius 1 is 0.971 bits per heavy atom. The van der Waals surface area contributed by atoms with Crippen LogP contribution in [0.2, 0.25) is 5.02 Å². The predicted molar refractivity (Wildman–Crippen MR) is 137 cm³/mol. The molecule has 2 aromatic carbocycles. The number of azo groups is 1. The van der Waals surface area contributed by atoms with Gasteiger partial charge in [-0.1, -0.05) is 64.4 Å². The second-order valence-corrected chi connectivity index (χ2v) is 11.1. The highest BCUT2D eigenvalue weighted by Gasteiger charge is 2.40. The van der Waals surface area contributed by atoms with Crippen LogP contribution in [0.5, 0.6) is 0 Å². The summed E-state index contributed by atoms with van der Waals surface area (Å²) in [5, 5.41) is 10.9. The monoisotopic (exact) mass is 470 g/mol. The topological polar surface area (TPSA) is 54.9 Å². The van der Waals surface area contributed by atoms with Crippen molar-refractivity contribution in [2.24, 2.45) is 21.1 Å². The van der Waals surface area contributed by atoms with Crippen molar-refractivity contribution in [3.8, 4) is 0 Å². The molecule has 1 aromatic heterocycles. The van der Waals surface area contributed by atoms with E-state index in [2.05, 4.69) is 45.8 Å². The van der Waals surface area contributed by atoms with E-state index < -0.39 is 0 Å². The van der Waals surface area contributed by atoms with Crippen LogP contribution in [0.15, 0.2) is 92.0 Å². The molecule has 0 atom stereocenters. The van der Waals surface area contributed by atoms with Gasteiger partial charge in [0, 0.05) is 32.7 Å². The molecule has 0 amide bonds. The van der Waals surface area contributed by atoms with Gasteiger partial charge >= 0.3 is 0 Å². The summed E-state index contributed by atoms with van der Waals surface area (Å²) >= 11 is 6.04. The van der Waals surface area contributed by atoms with Crippen LogP contribution in [0.4, 0.5) is 5.69 Å². The number of benzene rings is 2. The van der Waals surface area contributed by atoms with Crippen molar-refractivity contribution in [1.29, 1.82) is 0 Å². The number of nitrogens with zero attached hydrogens (tertiary/aromatic N) is 2. The Hall–Kier alpha value is -3.24. The highest BCUT2D eigenvalue weighted by molar-refractivity contribution is 6.30. The molecule has 0 radical (unpaired) electrons. The maximum Gasteiger partial charge on any atom is 0.186 e. The molecule has 5 heteroatoms. The number of carbonyl (C=O) groups is 1. The first-order valence-corrected chi connectivity index (χ1v) is 11.8. The van der Waals surface area contributed by atoms with Crippen LogP contribution in [0, 0.1) is 10.8 Å². The second-order valence-electron chi connectivity index (χ2n) is 10.6. The van der Waals surface area contributed by atoms with E-state index >= 15 is 0 Å². The maximum atomic E-state index is 13.6. The number of rotatable bonds is 2. The number of halogens is 1. The Kier molecular flexibility index (Phi) is 5.25. The molecule has 5 rings (SSSR count). The molecule has 0 saturated carbocycles. The molecule has 2 aliphatic carbocycles. The van der Waals surface area contributed by atoms with Gasteiger partial charge in [0.1, 0.15) is 11.3 Å². The lowest BCUT2D eigenvalue weighted by atomic mass is 9.68. The first-order chi connectivity index (χ1) is 16.0. The van der Waals surface area contributed by atoms with Gasteiger partial charge in [0.15, 0.2) is 11.5 Å². The molecule has 0 fully saturated rings. The standard InChI is InChI=1S/C29H27ClN2O2/c1-28(2,3)22-14-17-15-23(26(22)33)29(4,5)16-21-20-8-6-7-9-24(20)34-27(21)25(17)32-31-19-12-10-18(30)11-13-19/h6-15H,16H2,1-5H3/b25-17+,32-31?. The van der Waals surface area contributed by atoms with Crippen LogP contribution in [-0.4, -0.2) is 5.78 Å². The number of ketones is 1. The number of fused-ring (bicyclic) bond motifs is 4. The van der Waals surface area contributed by atoms with Crippen molar-refractivity contribution in [2.45, 2.75) is 41.0 Å². The predicted octanol–water partition coefficient (Wildman–Crippen LogP) is 8.65. The Balaban J connectivity index is 1.82. The molecule has 1 heterocycles. The lowest BCUT2D eigenvalue weighted by Crippen LogP contribution is -2.31. The zero-order valence-electron chi connectivity index (χ0n) is 20.1. The highest BCUT2D eigenvalue weighted by atomic mass is 35.5. The van der Waals surface area contributed by atoms with Crippen molar-refractivity contribution in [2.75, 3.05) is 0 Å². The Morgan fingerprint density at radius 3 is 2.38 bits per heavy atom. The fourth-order valence-corrected chi connectivity index (χ4v) is 4.80. The molecular weight excluding hydrogens is 444 g/mol. The summed E-state index contributed by atoms with van der Waals surface area (Å²) in [6.45, 7) is 10.5. The number of para-hydroxylation sites is 1. The summed E-state index contributed by atoms with van der Waals surface area (Å²) in [6, 6.07) is 15.2. The highest BCUT2D eigenvalue weighted by Crippen LogP contribution is 2.47. The molecule has 0 saturated heterocycles. The van der Waals surface area contributed by atoms with E-state index in [9.17, 15) is 4.79 Å².